The average molecular weight is 171 g/mol. The fraction of sp³-hybridized carbons (Fsp3) is 0.909. The van der Waals surface area contributed by atoms with E-state index in [1.54, 1.807) is 0 Å². The first kappa shape index (κ1) is 14.2. The molecule has 0 aromatic heterocycles. The molecule has 0 saturated carbocycles. The molecule has 0 heterocycles. The highest BCUT2D eigenvalue weighted by atomic mass is 14.7. The lowest BCUT2D eigenvalue weighted by molar-refractivity contribution is 0.632. The topological polar surface area (TPSA) is 12.4 Å². The van der Waals surface area contributed by atoms with Gasteiger partial charge in [-0.1, -0.05) is 34.6 Å². The summed E-state index contributed by atoms with van der Waals surface area (Å²) in [5.41, 5.74) is 1.38. The van der Waals surface area contributed by atoms with Crippen LogP contribution in [0.3, 0.4) is 0 Å². The van der Waals surface area contributed by atoms with E-state index in [1.165, 1.54) is 18.6 Å². The summed E-state index contributed by atoms with van der Waals surface area (Å²) in [5.74, 6) is 0.731. The van der Waals surface area contributed by atoms with Gasteiger partial charge in [-0.05, 0) is 25.2 Å². The second-order valence-electron chi connectivity index (χ2n) is 2.58. The molecule has 0 aliphatic rings. The standard InChI is InChI=1S/C9H19N.C2H6/c1-5-8(6-2)9(7-3)10-4;1-2/h8H,5-7H2,1-4H3;1-2H3. The van der Waals surface area contributed by atoms with E-state index in [2.05, 4.69) is 25.8 Å². The van der Waals surface area contributed by atoms with E-state index in [4.69, 9.17) is 0 Å². The Labute approximate surface area is 78.3 Å². The molecular weight excluding hydrogens is 146 g/mol. The van der Waals surface area contributed by atoms with Gasteiger partial charge in [0.05, 0.1) is 0 Å². The molecule has 0 aliphatic heterocycles. The Kier molecular flexibility index (Phi) is 12.6. The van der Waals surface area contributed by atoms with Crippen LogP contribution in [0.25, 0.3) is 0 Å². The summed E-state index contributed by atoms with van der Waals surface area (Å²) < 4.78 is 0. The first-order valence-corrected chi connectivity index (χ1v) is 5.25. The van der Waals surface area contributed by atoms with Crippen molar-refractivity contribution in [1.29, 1.82) is 0 Å². The van der Waals surface area contributed by atoms with Gasteiger partial charge >= 0.3 is 0 Å². The molecule has 12 heavy (non-hydrogen) atoms. The van der Waals surface area contributed by atoms with E-state index in [9.17, 15) is 0 Å². The van der Waals surface area contributed by atoms with E-state index in [0.29, 0.717) is 0 Å². The summed E-state index contributed by atoms with van der Waals surface area (Å²) in [6.07, 6.45) is 3.58. The zero-order chi connectivity index (χ0) is 9.98. The van der Waals surface area contributed by atoms with Gasteiger partial charge < -0.3 is 0 Å². The number of hydrogen-bond acceptors (Lipinski definition) is 1. The lowest BCUT2D eigenvalue weighted by atomic mass is 9.96. The Bertz CT molecular complexity index is 102. The van der Waals surface area contributed by atoms with E-state index < -0.39 is 0 Å². The smallest absolute Gasteiger partial charge is 0.0276 e. The first-order chi connectivity index (χ1) is 5.79. The Balaban J connectivity index is 0. The van der Waals surface area contributed by atoms with Crippen molar-refractivity contribution >= 4 is 5.71 Å². The highest BCUT2D eigenvalue weighted by Crippen LogP contribution is 2.11. The van der Waals surface area contributed by atoms with Crippen molar-refractivity contribution in [1.82, 2.24) is 0 Å². The van der Waals surface area contributed by atoms with Crippen molar-refractivity contribution in [3.63, 3.8) is 0 Å². The number of rotatable bonds is 4. The minimum atomic E-state index is 0.731. The van der Waals surface area contributed by atoms with Crippen molar-refractivity contribution in [2.45, 2.75) is 53.9 Å². The number of nitrogens with zero attached hydrogens (tertiary/aromatic N) is 1. The first-order valence-electron chi connectivity index (χ1n) is 5.25. The summed E-state index contributed by atoms with van der Waals surface area (Å²) in [5, 5.41) is 0. The van der Waals surface area contributed by atoms with Crippen LogP contribution in [0.15, 0.2) is 4.99 Å². The van der Waals surface area contributed by atoms with Crippen molar-refractivity contribution in [2.24, 2.45) is 10.9 Å². The normalized spacial score (nSPS) is 11.1. The lowest BCUT2D eigenvalue weighted by Gasteiger charge is -2.12. The van der Waals surface area contributed by atoms with Gasteiger partial charge in [0.1, 0.15) is 0 Å². The van der Waals surface area contributed by atoms with Crippen molar-refractivity contribution in [3.8, 4) is 0 Å². The third-order valence-electron chi connectivity index (χ3n) is 2.11. The van der Waals surface area contributed by atoms with Crippen molar-refractivity contribution in [3.05, 3.63) is 0 Å². The van der Waals surface area contributed by atoms with Gasteiger partial charge in [0.25, 0.3) is 0 Å². The molecule has 0 fully saturated rings. The minimum Gasteiger partial charge on any atom is -0.297 e. The van der Waals surface area contributed by atoms with Gasteiger partial charge in [-0.15, -0.1) is 0 Å². The second-order valence-corrected chi connectivity index (χ2v) is 2.58. The quantitative estimate of drug-likeness (QED) is 0.568. The van der Waals surface area contributed by atoms with E-state index in [-0.39, 0.29) is 0 Å². The maximum atomic E-state index is 4.27. The van der Waals surface area contributed by atoms with Crippen molar-refractivity contribution in [2.75, 3.05) is 7.05 Å². The summed E-state index contributed by atoms with van der Waals surface area (Å²) in [6.45, 7) is 10.6. The molecule has 74 valence electrons. The van der Waals surface area contributed by atoms with Gasteiger partial charge in [-0.25, -0.2) is 0 Å². The molecule has 0 N–H and O–H groups in total. The van der Waals surface area contributed by atoms with Gasteiger partial charge in [0.15, 0.2) is 0 Å². The van der Waals surface area contributed by atoms with Crippen LogP contribution in [-0.2, 0) is 0 Å². The number of aliphatic imine (C=N–C) groups is 1. The van der Waals surface area contributed by atoms with Crippen LogP contribution in [0.2, 0.25) is 0 Å². The molecule has 0 aromatic carbocycles. The predicted molar refractivity (Wildman–Crippen MR) is 59.1 cm³/mol. The molecule has 0 aliphatic carbocycles. The molecule has 0 amide bonds. The lowest BCUT2D eigenvalue weighted by Crippen LogP contribution is -2.11. The van der Waals surface area contributed by atoms with E-state index >= 15 is 0 Å². The highest BCUT2D eigenvalue weighted by molar-refractivity contribution is 5.86. The maximum absolute atomic E-state index is 4.27. The largest absolute Gasteiger partial charge is 0.297 e. The van der Waals surface area contributed by atoms with Crippen LogP contribution < -0.4 is 0 Å². The van der Waals surface area contributed by atoms with E-state index in [1.807, 2.05) is 20.9 Å². The molecule has 0 unspecified atom stereocenters. The predicted octanol–water partition coefficient (Wildman–Crippen LogP) is 3.93. The van der Waals surface area contributed by atoms with Crippen LogP contribution in [0.5, 0.6) is 0 Å². The van der Waals surface area contributed by atoms with Crippen LogP contribution in [0.4, 0.5) is 0 Å². The Morgan fingerprint density at radius 2 is 1.50 bits per heavy atom. The third-order valence-corrected chi connectivity index (χ3v) is 2.11. The fourth-order valence-electron chi connectivity index (χ4n) is 1.39. The second kappa shape index (κ2) is 10.7. The molecule has 1 heteroatoms. The van der Waals surface area contributed by atoms with Gasteiger partial charge in [-0.3, -0.25) is 4.99 Å². The average Bonchev–Trinajstić information content (AvgIpc) is 2.17. The maximum Gasteiger partial charge on any atom is 0.0276 e. The molecule has 0 aromatic rings. The van der Waals surface area contributed by atoms with Crippen LogP contribution in [0.1, 0.15) is 53.9 Å². The zero-order valence-corrected chi connectivity index (χ0v) is 9.65. The Hall–Kier alpha value is -0.330. The molecule has 0 spiro atoms. The molecule has 1 nitrogen and oxygen atoms in total. The van der Waals surface area contributed by atoms with Gasteiger partial charge in [-0.2, -0.15) is 0 Å². The van der Waals surface area contributed by atoms with Crippen molar-refractivity contribution < 1.29 is 0 Å². The monoisotopic (exact) mass is 171 g/mol. The SMILES string of the molecule is CC.CCC(=NC)C(CC)CC. The van der Waals surface area contributed by atoms with Gasteiger partial charge in [0, 0.05) is 12.8 Å². The molecule has 0 radical (unpaired) electrons. The van der Waals surface area contributed by atoms with Crippen LogP contribution >= 0.6 is 0 Å². The molecule has 0 rings (SSSR count). The Morgan fingerprint density at radius 3 is 1.58 bits per heavy atom. The van der Waals surface area contributed by atoms with Crippen LogP contribution in [-0.4, -0.2) is 12.8 Å². The summed E-state index contributed by atoms with van der Waals surface area (Å²) in [4.78, 5) is 4.27. The van der Waals surface area contributed by atoms with E-state index in [0.717, 1.165) is 12.3 Å². The molecular formula is C11H25N. The van der Waals surface area contributed by atoms with Gasteiger partial charge in [0.2, 0.25) is 0 Å². The third kappa shape index (κ3) is 5.34. The summed E-state index contributed by atoms with van der Waals surface area (Å²) >= 11 is 0. The molecule has 0 saturated heterocycles. The fourth-order valence-corrected chi connectivity index (χ4v) is 1.39. The number of hydrogen-bond donors (Lipinski definition) is 0. The minimum absolute atomic E-state index is 0.731. The Morgan fingerprint density at radius 1 is 1.08 bits per heavy atom. The highest BCUT2D eigenvalue weighted by Gasteiger charge is 2.07. The van der Waals surface area contributed by atoms with Crippen LogP contribution in [0, 0.1) is 5.92 Å². The summed E-state index contributed by atoms with van der Waals surface area (Å²) in [6, 6.07) is 0. The molecule has 0 atom stereocenters. The summed E-state index contributed by atoms with van der Waals surface area (Å²) in [7, 11) is 1.90. The molecule has 0 bridgehead atoms. The zero-order valence-electron chi connectivity index (χ0n) is 9.65.